The first-order valence-electron chi connectivity index (χ1n) is 1.21. The van der Waals surface area contributed by atoms with Crippen molar-refractivity contribution in [2.24, 2.45) is 11.5 Å². The van der Waals surface area contributed by atoms with E-state index in [0.29, 0.717) is 6.47 Å². The van der Waals surface area contributed by atoms with Crippen LogP contribution < -0.4 is 36.3 Å². The van der Waals surface area contributed by atoms with Gasteiger partial charge in [-0.2, -0.15) is 0 Å². The SMILES string of the molecule is C.C.C.C.C.C.C.NC(N)=O.O=[C-]O.[Ca+2].[Ca+2].[Cl-].[Cl-].[OH-]. The first kappa shape index (κ1) is 176. The third-order valence-corrected chi connectivity index (χ3v) is 0. The molecule has 0 rings (SSSR count). The summed E-state index contributed by atoms with van der Waals surface area (Å²) in [5.74, 6) is 0. The van der Waals surface area contributed by atoms with Gasteiger partial charge in [0.25, 0.3) is 0 Å². The molecule has 0 fully saturated rings. The normalized spacial score (nSPS) is 1.89. The molecule has 122 valence electrons. The first-order valence-corrected chi connectivity index (χ1v) is 1.21. The Kier molecular flexibility index (Phi) is 1930. The minimum absolute atomic E-state index is 0. The molecule has 0 unspecified atom stereocenters. The minimum atomic E-state index is -0.833. The number of nitrogens with two attached hydrogens (primary N) is 2. The molecule has 10 heteroatoms. The van der Waals surface area contributed by atoms with E-state index in [0.717, 1.165) is 0 Å². The average molecular weight is 385 g/mol. The molecule has 6 N–H and O–H groups in total. The van der Waals surface area contributed by atoms with Crippen LogP contribution in [0.4, 0.5) is 4.79 Å². The van der Waals surface area contributed by atoms with Gasteiger partial charge in [-0.05, 0) is 0 Å². The molecule has 0 aromatic carbocycles. The number of carbonyl (C=O) groups excluding carboxylic acids is 1. The van der Waals surface area contributed by atoms with Crippen LogP contribution in [0.5, 0.6) is 0 Å². The predicted octanol–water partition coefficient (Wildman–Crippen LogP) is -3.84. The topological polar surface area (TPSA) is 136 Å². The average Bonchev–Trinajstić information content (AvgIpc) is 1.33. The van der Waals surface area contributed by atoms with E-state index in [1.54, 1.807) is 0 Å². The summed E-state index contributed by atoms with van der Waals surface area (Å²) in [7, 11) is 0. The minimum Gasteiger partial charge on any atom is -1.00 e. The second kappa shape index (κ2) is 208. The van der Waals surface area contributed by atoms with E-state index >= 15 is 0 Å². The molecule has 0 saturated carbocycles. The van der Waals surface area contributed by atoms with Gasteiger partial charge >= 0.3 is 81.5 Å². The van der Waals surface area contributed by atoms with E-state index in [-0.39, 0.29) is 158 Å². The van der Waals surface area contributed by atoms with E-state index in [1.165, 1.54) is 0 Å². The Hall–Kier alpha value is 1.80. The van der Waals surface area contributed by atoms with Crippen molar-refractivity contribution in [3.05, 3.63) is 0 Å². The summed E-state index contributed by atoms with van der Waals surface area (Å²) in [4.78, 5) is 17.2. The fraction of sp³-hybridized carbons (Fsp3) is 0.778. The van der Waals surface area contributed by atoms with Crippen molar-refractivity contribution < 1.29 is 45.0 Å². The molecule has 0 radical (unpaired) electrons. The van der Waals surface area contributed by atoms with E-state index < -0.39 is 6.03 Å². The van der Waals surface area contributed by atoms with Crippen molar-refractivity contribution in [3.63, 3.8) is 0 Å². The van der Waals surface area contributed by atoms with Gasteiger partial charge in [-0.25, -0.2) is 4.79 Å². The molecule has 0 heterocycles. The maximum Gasteiger partial charge on any atom is 2.00 e. The zero-order valence-electron chi connectivity index (χ0n) is 6.04. The zero-order valence-corrected chi connectivity index (χ0v) is 12.0. The van der Waals surface area contributed by atoms with Crippen molar-refractivity contribution in [2.75, 3.05) is 0 Å². The summed E-state index contributed by atoms with van der Waals surface area (Å²) in [6, 6.07) is -0.833. The molecule has 0 spiro atoms. The van der Waals surface area contributed by atoms with Gasteiger partial charge in [0.2, 0.25) is 0 Å². The summed E-state index contributed by atoms with van der Waals surface area (Å²) in [5, 5.41) is 6.76. The number of amides is 2. The Labute approximate surface area is 194 Å². The molecule has 0 aliphatic heterocycles. The van der Waals surface area contributed by atoms with Crippen LogP contribution >= 0.6 is 0 Å². The van der Waals surface area contributed by atoms with Gasteiger partial charge in [-0.3, -0.25) is 0 Å². The van der Waals surface area contributed by atoms with Crippen LogP contribution in [0.2, 0.25) is 0 Å². The summed E-state index contributed by atoms with van der Waals surface area (Å²) in [5.41, 5.74) is 8.50. The molecule has 0 aromatic heterocycles. The Morgan fingerprint density at radius 3 is 0.789 bits per heavy atom. The van der Waals surface area contributed by atoms with E-state index in [9.17, 15) is 0 Å². The van der Waals surface area contributed by atoms with Crippen LogP contribution in [0.1, 0.15) is 52.0 Å². The van der Waals surface area contributed by atoms with Crippen molar-refractivity contribution in [1.29, 1.82) is 0 Å². The summed E-state index contributed by atoms with van der Waals surface area (Å²) < 4.78 is 0. The van der Waals surface area contributed by atoms with Gasteiger partial charge in [-0.1, -0.05) is 58.5 Å². The molecule has 6 nitrogen and oxygen atoms in total. The molecule has 0 aliphatic carbocycles. The first-order chi connectivity index (χ1) is 3.15. The van der Waals surface area contributed by atoms with Crippen molar-refractivity contribution in [3.8, 4) is 0 Å². The smallest absolute Gasteiger partial charge is 1.00 e. The predicted molar refractivity (Wildman–Crippen MR) is 82.7 cm³/mol. The van der Waals surface area contributed by atoms with Gasteiger partial charge in [0.1, 0.15) is 0 Å². The van der Waals surface area contributed by atoms with Gasteiger partial charge in [0.15, 0.2) is 0 Å². The number of urea groups is 1. The molecule has 0 bridgehead atoms. The standard InChI is InChI=1S/CH4N2O.CHO2.7CH4.2Ca.2ClH.H2O/c2-1(3)4;2-1-3;;;;;;;;;;;;/h(H4,2,3,4);(H,2,3);7*1H4;;;2*1H;1H2/q;-1;;;;;;;;2*+2;;;/p-3. The molecular formula is C9H34Ca2Cl2N2O4. The molecule has 19 heavy (non-hydrogen) atoms. The maximum atomic E-state index is 9.00. The van der Waals surface area contributed by atoms with Crippen LogP contribution in [0, 0.1) is 0 Å². The van der Waals surface area contributed by atoms with Gasteiger partial charge in [-0.15, -0.1) is 0 Å². The van der Waals surface area contributed by atoms with E-state index in [4.69, 9.17) is 14.7 Å². The monoisotopic (exact) mass is 384 g/mol. The maximum absolute atomic E-state index is 9.00. The number of primary amides is 2. The Balaban J connectivity index is -0.00000000135. The van der Waals surface area contributed by atoms with Crippen molar-refractivity contribution >= 4 is 88.0 Å². The molecule has 0 aliphatic rings. The second-order valence-electron chi connectivity index (χ2n) is 0.494. The van der Waals surface area contributed by atoms with Crippen LogP contribution in [0.15, 0.2) is 0 Å². The van der Waals surface area contributed by atoms with Crippen LogP contribution in [0.3, 0.4) is 0 Å². The summed E-state index contributed by atoms with van der Waals surface area (Å²) in [6.07, 6.45) is 0. The molecule has 0 aromatic rings. The van der Waals surface area contributed by atoms with Gasteiger partial charge < -0.3 is 51.7 Å². The second-order valence-corrected chi connectivity index (χ2v) is 0.494. The van der Waals surface area contributed by atoms with Gasteiger partial charge in [0.05, 0.1) is 0 Å². The summed E-state index contributed by atoms with van der Waals surface area (Å²) >= 11 is 0. The number of rotatable bonds is 0. The number of hydrogen-bond donors (Lipinski definition) is 3. The molecular weight excluding hydrogens is 351 g/mol. The van der Waals surface area contributed by atoms with Crippen molar-refractivity contribution in [2.45, 2.75) is 52.0 Å². The van der Waals surface area contributed by atoms with Crippen LogP contribution in [-0.2, 0) is 4.79 Å². The van der Waals surface area contributed by atoms with Crippen LogP contribution in [-0.4, -0.2) is 98.6 Å². The fourth-order valence-corrected chi connectivity index (χ4v) is 0. The Bertz CT molecular complexity index is 85.2. The third kappa shape index (κ3) is 1940. The quantitative estimate of drug-likeness (QED) is 0.291. The number of hydrogen-bond acceptors (Lipinski definition) is 3. The molecule has 0 atom stereocenters. The zero-order chi connectivity index (χ0) is 6.28. The Morgan fingerprint density at radius 1 is 0.789 bits per heavy atom. The summed E-state index contributed by atoms with van der Waals surface area (Å²) in [6.45, 7) is 0.500. The van der Waals surface area contributed by atoms with E-state index in [2.05, 4.69) is 11.5 Å². The van der Waals surface area contributed by atoms with E-state index in [1.807, 2.05) is 0 Å². The number of carbonyl (C=O) groups is 1. The molecule has 2 amide bonds. The largest absolute Gasteiger partial charge is 2.00 e. The van der Waals surface area contributed by atoms with Crippen LogP contribution in [0.25, 0.3) is 0 Å². The fourth-order valence-electron chi connectivity index (χ4n) is 0. The number of halogens is 2. The Morgan fingerprint density at radius 2 is 0.789 bits per heavy atom. The van der Waals surface area contributed by atoms with Crippen molar-refractivity contribution in [1.82, 2.24) is 0 Å². The third-order valence-electron chi connectivity index (χ3n) is 0. The molecule has 0 saturated heterocycles. The van der Waals surface area contributed by atoms with Gasteiger partial charge in [0, 0.05) is 0 Å². The number of aliphatic hydroxyl groups excluding tert-OH is 1.